The second-order valence-corrected chi connectivity index (χ2v) is 10.3. The van der Waals surface area contributed by atoms with Gasteiger partial charge in [-0.05, 0) is 60.4 Å². The molecule has 6 nitrogen and oxygen atoms in total. The minimum atomic E-state index is -4.11. The van der Waals surface area contributed by atoms with Gasteiger partial charge in [-0.1, -0.05) is 59.6 Å². The first kappa shape index (κ1) is 24.1. The smallest absolute Gasteiger partial charge is 0.279 e. The van der Waals surface area contributed by atoms with E-state index in [1.54, 1.807) is 56.4 Å². The van der Waals surface area contributed by atoms with Crippen molar-refractivity contribution in [3.8, 4) is 0 Å². The molecule has 0 bridgehead atoms. The Morgan fingerprint density at radius 1 is 0.971 bits per heavy atom. The monoisotopic (exact) mass is 513 g/mol. The number of hydrogen-bond donors (Lipinski definition) is 1. The number of nitrogens with zero attached hydrogens (tertiary/aromatic N) is 2. The second kappa shape index (κ2) is 9.70. The summed E-state index contributed by atoms with van der Waals surface area (Å²) in [6.07, 6.45) is 3.13. The van der Waals surface area contributed by atoms with Crippen LogP contribution in [-0.4, -0.2) is 31.6 Å². The molecule has 1 aromatic heterocycles. The van der Waals surface area contributed by atoms with Crippen LogP contribution in [0.3, 0.4) is 0 Å². The lowest BCUT2D eigenvalue weighted by Gasteiger charge is -2.24. The molecule has 9 heteroatoms. The molecule has 1 atom stereocenters. The van der Waals surface area contributed by atoms with Crippen LogP contribution in [0, 0.1) is 13.8 Å². The summed E-state index contributed by atoms with van der Waals surface area (Å²) in [6.45, 7) is 3.54. The third-order valence-corrected chi connectivity index (χ3v) is 7.85. The summed E-state index contributed by atoms with van der Waals surface area (Å²) < 4.78 is 28.2. The van der Waals surface area contributed by atoms with E-state index in [9.17, 15) is 13.2 Å². The molecule has 0 spiro atoms. The molecular weight excluding hydrogens is 493 g/mol. The van der Waals surface area contributed by atoms with Gasteiger partial charge in [0, 0.05) is 17.1 Å². The highest BCUT2D eigenvalue weighted by atomic mass is 35.5. The Bertz CT molecular complexity index is 1430. The van der Waals surface area contributed by atoms with Crippen molar-refractivity contribution >= 4 is 50.4 Å². The number of nitrogens with one attached hydrogen (secondary N) is 1. The maximum absolute atomic E-state index is 13.0. The Kier molecular flexibility index (Phi) is 6.89. The van der Waals surface area contributed by atoms with Gasteiger partial charge in [0.1, 0.15) is 5.71 Å². The molecule has 1 amide bonds. The first-order chi connectivity index (χ1) is 16.2. The van der Waals surface area contributed by atoms with Gasteiger partial charge in [-0.15, -0.1) is 0 Å². The third kappa shape index (κ3) is 4.78. The highest BCUT2D eigenvalue weighted by molar-refractivity contribution is 7.90. The molecule has 0 saturated carbocycles. The molecule has 0 radical (unpaired) electrons. The van der Waals surface area contributed by atoms with Crippen LogP contribution < -0.4 is 4.72 Å². The van der Waals surface area contributed by atoms with Crippen LogP contribution in [0.15, 0.2) is 76.8 Å². The van der Waals surface area contributed by atoms with Crippen molar-refractivity contribution < 1.29 is 13.2 Å². The number of aryl methyl sites for hydroxylation is 2. The molecule has 1 N–H and O–H groups in total. The molecule has 0 fully saturated rings. The predicted octanol–water partition coefficient (Wildman–Crippen LogP) is 5.13. The molecule has 174 valence electrons. The largest absolute Gasteiger partial charge is 0.283 e. The number of amides is 1. The summed E-state index contributed by atoms with van der Waals surface area (Å²) in [7, 11) is -4.11. The standard InChI is InChI=1S/C25H21Cl2N3O3S/c1-15-7-5-8-16(2)24(15)34(32,33)30-25(31)22-13-18(23-21(27)11-6-12-28-23)19(14-29-22)17-9-3-4-10-20(17)26/h3-13,19H,14H2,1-2H3,(H,30,31). The number of pyridine rings is 1. The number of aromatic nitrogens is 1. The Labute approximate surface area is 208 Å². The summed E-state index contributed by atoms with van der Waals surface area (Å²) >= 11 is 12.9. The topological polar surface area (TPSA) is 88.5 Å². The Morgan fingerprint density at radius 2 is 1.65 bits per heavy atom. The summed E-state index contributed by atoms with van der Waals surface area (Å²) in [5, 5.41) is 0.946. The number of sulfonamides is 1. The summed E-state index contributed by atoms with van der Waals surface area (Å²) in [4.78, 5) is 21.9. The van der Waals surface area contributed by atoms with Gasteiger partial charge in [0.15, 0.2) is 0 Å². The fraction of sp³-hybridized carbons (Fsp3) is 0.160. The Balaban J connectivity index is 1.73. The molecule has 1 aliphatic heterocycles. The van der Waals surface area contributed by atoms with Crippen LogP contribution in [0.2, 0.25) is 10.0 Å². The molecule has 0 saturated heterocycles. The summed E-state index contributed by atoms with van der Waals surface area (Å²) in [6, 6.07) is 15.9. The molecule has 34 heavy (non-hydrogen) atoms. The minimum absolute atomic E-state index is 0.0326. The molecule has 3 aromatic rings. The third-order valence-electron chi connectivity index (χ3n) is 5.56. The number of benzene rings is 2. The van der Waals surface area contributed by atoms with Crippen molar-refractivity contribution in [2.45, 2.75) is 24.7 Å². The van der Waals surface area contributed by atoms with Crippen molar-refractivity contribution in [1.29, 1.82) is 0 Å². The van der Waals surface area contributed by atoms with Gasteiger partial charge in [0.05, 0.1) is 22.2 Å². The van der Waals surface area contributed by atoms with Gasteiger partial charge in [-0.3, -0.25) is 14.8 Å². The first-order valence-electron chi connectivity index (χ1n) is 10.4. The average molecular weight is 514 g/mol. The molecule has 1 unspecified atom stereocenters. The lowest BCUT2D eigenvalue weighted by molar-refractivity contribution is -0.113. The fourth-order valence-electron chi connectivity index (χ4n) is 4.02. The fourth-order valence-corrected chi connectivity index (χ4v) is 5.95. The highest BCUT2D eigenvalue weighted by Crippen LogP contribution is 2.39. The highest BCUT2D eigenvalue weighted by Gasteiger charge is 2.30. The van der Waals surface area contributed by atoms with E-state index in [-0.39, 0.29) is 23.1 Å². The summed E-state index contributed by atoms with van der Waals surface area (Å²) in [5.41, 5.74) is 2.97. The normalized spacial score (nSPS) is 15.9. The maximum Gasteiger partial charge on any atom is 0.283 e. The van der Waals surface area contributed by atoms with Crippen LogP contribution in [0.5, 0.6) is 0 Å². The molecular formula is C25H21Cl2N3O3S. The van der Waals surface area contributed by atoms with Crippen molar-refractivity contribution in [2.75, 3.05) is 6.54 Å². The van der Waals surface area contributed by atoms with Gasteiger partial charge < -0.3 is 0 Å². The number of dihydropyridines is 1. The predicted molar refractivity (Wildman–Crippen MR) is 135 cm³/mol. The van der Waals surface area contributed by atoms with Crippen LogP contribution in [0.1, 0.15) is 28.3 Å². The van der Waals surface area contributed by atoms with E-state index in [4.69, 9.17) is 23.2 Å². The zero-order chi connectivity index (χ0) is 24.5. The maximum atomic E-state index is 13.0. The second-order valence-electron chi connectivity index (χ2n) is 7.89. The number of halogens is 2. The number of aliphatic imine (C=N–C) groups is 1. The number of hydrogen-bond acceptors (Lipinski definition) is 5. The molecule has 2 aromatic carbocycles. The van der Waals surface area contributed by atoms with Gasteiger partial charge in [0.25, 0.3) is 15.9 Å². The lowest BCUT2D eigenvalue weighted by atomic mass is 9.86. The van der Waals surface area contributed by atoms with Crippen molar-refractivity contribution in [1.82, 2.24) is 9.71 Å². The zero-order valence-corrected chi connectivity index (χ0v) is 20.7. The van der Waals surface area contributed by atoms with Gasteiger partial charge in [-0.25, -0.2) is 13.1 Å². The SMILES string of the molecule is Cc1cccc(C)c1S(=O)(=O)NC(=O)C1=NCC(c2ccccc2Cl)C(c2ncccc2Cl)=C1. The van der Waals surface area contributed by atoms with Crippen LogP contribution >= 0.6 is 23.2 Å². The van der Waals surface area contributed by atoms with E-state index >= 15 is 0 Å². The summed E-state index contributed by atoms with van der Waals surface area (Å²) in [5.74, 6) is -1.14. The Hall–Kier alpha value is -3.00. The van der Waals surface area contributed by atoms with E-state index in [1.807, 2.05) is 18.2 Å². The molecule has 2 heterocycles. The first-order valence-corrected chi connectivity index (χ1v) is 12.7. The zero-order valence-electron chi connectivity index (χ0n) is 18.4. The molecule has 4 rings (SSSR count). The minimum Gasteiger partial charge on any atom is -0.279 e. The van der Waals surface area contributed by atoms with Gasteiger partial charge in [-0.2, -0.15) is 0 Å². The average Bonchev–Trinajstić information content (AvgIpc) is 2.79. The molecule has 0 aliphatic carbocycles. The van der Waals surface area contributed by atoms with Crippen molar-refractivity contribution in [2.24, 2.45) is 4.99 Å². The van der Waals surface area contributed by atoms with E-state index < -0.39 is 15.9 Å². The van der Waals surface area contributed by atoms with Gasteiger partial charge >= 0.3 is 0 Å². The number of rotatable bonds is 5. The van der Waals surface area contributed by atoms with Crippen LogP contribution in [-0.2, 0) is 14.8 Å². The van der Waals surface area contributed by atoms with E-state index in [0.29, 0.717) is 32.4 Å². The van der Waals surface area contributed by atoms with E-state index in [2.05, 4.69) is 14.7 Å². The van der Waals surface area contributed by atoms with E-state index in [0.717, 1.165) is 5.56 Å². The van der Waals surface area contributed by atoms with Gasteiger partial charge in [0.2, 0.25) is 0 Å². The van der Waals surface area contributed by atoms with Crippen LogP contribution in [0.25, 0.3) is 5.57 Å². The van der Waals surface area contributed by atoms with Crippen molar-refractivity contribution in [3.05, 3.63) is 99.3 Å². The van der Waals surface area contributed by atoms with Crippen molar-refractivity contribution in [3.63, 3.8) is 0 Å². The van der Waals surface area contributed by atoms with E-state index in [1.165, 1.54) is 6.08 Å². The number of carbonyl (C=O) groups is 1. The van der Waals surface area contributed by atoms with Crippen LogP contribution in [0.4, 0.5) is 0 Å². The Morgan fingerprint density at radius 3 is 2.32 bits per heavy atom. The lowest BCUT2D eigenvalue weighted by Crippen LogP contribution is -2.37. The number of carbonyl (C=O) groups excluding carboxylic acids is 1. The quantitative estimate of drug-likeness (QED) is 0.511. The molecule has 1 aliphatic rings.